The molecule has 1 fully saturated rings. The van der Waals surface area contributed by atoms with E-state index >= 15 is 0 Å². The first-order chi connectivity index (χ1) is 16.4. The number of aromatic nitrogens is 2. The van der Waals surface area contributed by atoms with E-state index in [-0.39, 0.29) is 26.2 Å². The van der Waals surface area contributed by atoms with Gasteiger partial charge in [0.25, 0.3) is 0 Å². The first-order valence-electron chi connectivity index (χ1n) is 10.9. The summed E-state index contributed by atoms with van der Waals surface area (Å²) in [5.41, 5.74) is 3.54. The van der Waals surface area contributed by atoms with Crippen molar-refractivity contribution in [1.82, 2.24) is 14.5 Å². The van der Waals surface area contributed by atoms with Crippen LogP contribution in [0, 0.1) is 26.6 Å². The predicted molar refractivity (Wildman–Crippen MR) is 124 cm³/mol. The van der Waals surface area contributed by atoms with Crippen LogP contribution in [0.4, 0.5) is 23.4 Å². The van der Waals surface area contributed by atoms with Crippen molar-refractivity contribution in [3.05, 3.63) is 70.5 Å². The van der Waals surface area contributed by atoms with E-state index in [1.807, 2.05) is 37.8 Å². The number of alkyl halides is 3. The third-order valence-corrected chi connectivity index (χ3v) is 8.11. The largest absolute Gasteiger partial charge is 0.419 e. The Hall–Kier alpha value is -3.05. The molecule has 2 aromatic carbocycles. The number of aryl methyl sites for hydroxylation is 3. The molecule has 35 heavy (non-hydrogen) atoms. The molecule has 4 rings (SSSR count). The molecule has 0 spiro atoms. The Morgan fingerprint density at radius 2 is 1.49 bits per heavy atom. The van der Waals surface area contributed by atoms with Crippen LogP contribution in [0.15, 0.2) is 47.4 Å². The monoisotopic (exact) mass is 508 g/mol. The molecule has 0 amide bonds. The predicted octanol–water partition coefficient (Wildman–Crippen LogP) is 4.74. The molecule has 1 aliphatic heterocycles. The van der Waals surface area contributed by atoms with Gasteiger partial charge in [0.15, 0.2) is 5.82 Å². The van der Waals surface area contributed by atoms with Crippen LogP contribution >= 0.6 is 0 Å². The van der Waals surface area contributed by atoms with Crippen LogP contribution in [0.2, 0.25) is 0 Å². The van der Waals surface area contributed by atoms with Gasteiger partial charge < -0.3 is 4.90 Å². The number of rotatable bonds is 4. The fourth-order valence-electron chi connectivity index (χ4n) is 4.06. The second kappa shape index (κ2) is 9.19. The van der Waals surface area contributed by atoms with E-state index in [4.69, 9.17) is 0 Å². The Balaban J connectivity index is 1.48. The molecule has 0 unspecified atom stereocenters. The number of anilines is 1. The standard InChI is InChI=1S/C24H24F4N4O2S/c1-15-12-17(3)19(13-16(15)2)22-6-7-23(30-29-22)31-8-10-32(11-9-31)35(33,34)18-4-5-21(25)20(14-18)24(26,27)28/h4-7,12-14H,8-11H2,1-3H3. The summed E-state index contributed by atoms with van der Waals surface area (Å²) >= 11 is 0. The lowest BCUT2D eigenvalue weighted by Crippen LogP contribution is -2.49. The van der Waals surface area contributed by atoms with Gasteiger partial charge in [-0.05, 0) is 73.9 Å². The zero-order chi connectivity index (χ0) is 25.5. The highest BCUT2D eigenvalue weighted by Crippen LogP contribution is 2.33. The van der Waals surface area contributed by atoms with Crippen molar-refractivity contribution < 1.29 is 26.0 Å². The average Bonchev–Trinajstić information content (AvgIpc) is 2.81. The van der Waals surface area contributed by atoms with Gasteiger partial charge in [-0.3, -0.25) is 0 Å². The Kier molecular flexibility index (Phi) is 6.58. The maximum absolute atomic E-state index is 13.6. The number of halogens is 4. The maximum Gasteiger partial charge on any atom is 0.419 e. The normalized spacial score (nSPS) is 15.5. The van der Waals surface area contributed by atoms with Crippen LogP contribution in [0.25, 0.3) is 11.3 Å². The van der Waals surface area contributed by atoms with E-state index in [2.05, 4.69) is 22.3 Å². The van der Waals surface area contributed by atoms with Crippen LogP contribution in [0.3, 0.4) is 0 Å². The topological polar surface area (TPSA) is 66.4 Å². The summed E-state index contributed by atoms with van der Waals surface area (Å²) in [6.07, 6.45) is -4.99. The molecule has 3 aromatic rings. The molecular weight excluding hydrogens is 484 g/mol. The average molecular weight is 509 g/mol. The zero-order valence-corrected chi connectivity index (χ0v) is 20.2. The van der Waals surface area contributed by atoms with Gasteiger partial charge in [-0.15, -0.1) is 10.2 Å². The molecule has 1 saturated heterocycles. The van der Waals surface area contributed by atoms with Crippen molar-refractivity contribution in [3.8, 4) is 11.3 Å². The summed E-state index contributed by atoms with van der Waals surface area (Å²) in [5, 5.41) is 8.65. The van der Waals surface area contributed by atoms with E-state index in [1.165, 1.54) is 5.56 Å². The number of piperazine rings is 1. The first kappa shape index (κ1) is 25.1. The van der Waals surface area contributed by atoms with E-state index in [9.17, 15) is 26.0 Å². The van der Waals surface area contributed by atoms with Crippen LogP contribution in [0.5, 0.6) is 0 Å². The molecule has 0 saturated carbocycles. The van der Waals surface area contributed by atoms with Gasteiger partial charge >= 0.3 is 6.18 Å². The third-order valence-electron chi connectivity index (χ3n) is 6.21. The highest BCUT2D eigenvalue weighted by Gasteiger charge is 2.37. The molecule has 1 aromatic heterocycles. The first-order valence-corrected chi connectivity index (χ1v) is 12.4. The number of benzene rings is 2. The molecule has 6 nitrogen and oxygen atoms in total. The van der Waals surface area contributed by atoms with Crippen molar-refractivity contribution in [1.29, 1.82) is 0 Å². The minimum Gasteiger partial charge on any atom is -0.352 e. The lowest BCUT2D eigenvalue weighted by atomic mass is 9.99. The Labute approximate surface area is 201 Å². The van der Waals surface area contributed by atoms with E-state index in [0.29, 0.717) is 18.0 Å². The SMILES string of the molecule is Cc1cc(C)c(-c2ccc(N3CCN(S(=O)(=O)c4ccc(F)c(C(F)(F)F)c4)CC3)nn2)cc1C. The molecule has 0 N–H and O–H groups in total. The Morgan fingerprint density at radius 3 is 2.09 bits per heavy atom. The number of nitrogens with zero attached hydrogens (tertiary/aromatic N) is 4. The third kappa shape index (κ3) is 5.01. The van der Waals surface area contributed by atoms with Crippen LogP contribution < -0.4 is 4.90 Å². The fraction of sp³-hybridized carbons (Fsp3) is 0.333. The molecular formula is C24H24F4N4O2S. The molecule has 0 radical (unpaired) electrons. The summed E-state index contributed by atoms with van der Waals surface area (Å²) in [7, 11) is -4.22. The second-order valence-electron chi connectivity index (χ2n) is 8.56. The Bertz CT molecular complexity index is 1350. The molecule has 1 aliphatic rings. The summed E-state index contributed by atoms with van der Waals surface area (Å²) in [5.74, 6) is -0.937. The molecule has 0 aliphatic carbocycles. The van der Waals surface area contributed by atoms with Gasteiger partial charge in [0.1, 0.15) is 5.82 Å². The maximum atomic E-state index is 13.6. The van der Waals surface area contributed by atoms with Gasteiger partial charge in [-0.2, -0.15) is 17.5 Å². The van der Waals surface area contributed by atoms with Gasteiger partial charge in [-0.1, -0.05) is 6.07 Å². The van der Waals surface area contributed by atoms with E-state index in [0.717, 1.165) is 32.8 Å². The van der Waals surface area contributed by atoms with Gasteiger partial charge in [0.05, 0.1) is 16.2 Å². The Morgan fingerprint density at radius 1 is 0.829 bits per heavy atom. The molecule has 2 heterocycles. The van der Waals surface area contributed by atoms with E-state index in [1.54, 1.807) is 0 Å². The van der Waals surface area contributed by atoms with Crippen molar-refractivity contribution in [2.24, 2.45) is 0 Å². The summed E-state index contributed by atoms with van der Waals surface area (Å²) in [6.45, 7) is 6.74. The van der Waals surface area contributed by atoms with Crippen LogP contribution in [-0.4, -0.2) is 49.1 Å². The quantitative estimate of drug-likeness (QED) is 0.477. The molecule has 0 atom stereocenters. The van der Waals surface area contributed by atoms with Gasteiger partial charge in [-0.25, -0.2) is 12.8 Å². The second-order valence-corrected chi connectivity index (χ2v) is 10.5. The van der Waals surface area contributed by atoms with Crippen molar-refractivity contribution >= 4 is 15.8 Å². The summed E-state index contributed by atoms with van der Waals surface area (Å²) < 4.78 is 79.5. The van der Waals surface area contributed by atoms with Crippen molar-refractivity contribution in [3.63, 3.8) is 0 Å². The van der Waals surface area contributed by atoms with Gasteiger partial charge in [0, 0.05) is 31.7 Å². The minimum absolute atomic E-state index is 0.0424. The number of hydrogen-bond donors (Lipinski definition) is 0. The lowest BCUT2D eigenvalue weighted by Gasteiger charge is -2.34. The zero-order valence-electron chi connectivity index (χ0n) is 19.4. The lowest BCUT2D eigenvalue weighted by molar-refractivity contribution is -0.140. The van der Waals surface area contributed by atoms with Crippen LogP contribution in [-0.2, 0) is 16.2 Å². The fourth-order valence-corrected chi connectivity index (χ4v) is 5.51. The smallest absolute Gasteiger partial charge is 0.352 e. The van der Waals surface area contributed by atoms with Crippen molar-refractivity contribution in [2.75, 3.05) is 31.1 Å². The van der Waals surface area contributed by atoms with E-state index < -0.39 is 32.5 Å². The van der Waals surface area contributed by atoms with Crippen LogP contribution in [0.1, 0.15) is 22.3 Å². The molecule has 0 bridgehead atoms. The highest BCUT2D eigenvalue weighted by molar-refractivity contribution is 7.89. The summed E-state index contributed by atoms with van der Waals surface area (Å²) in [6, 6.07) is 9.56. The number of hydrogen-bond acceptors (Lipinski definition) is 5. The molecule has 11 heteroatoms. The molecule has 186 valence electrons. The summed E-state index contributed by atoms with van der Waals surface area (Å²) in [4.78, 5) is 1.27. The highest BCUT2D eigenvalue weighted by atomic mass is 32.2. The van der Waals surface area contributed by atoms with Gasteiger partial charge in [0.2, 0.25) is 10.0 Å². The van der Waals surface area contributed by atoms with Crippen molar-refractivity contribution in [2.45, 2.75) is 31.8 Å². The number of sulfonamides is 1. The minimum atomic E-state index is -4.99.